The number of hydrogen-bond acceptors (Lipinski definition) is 10. The molecule has 4 fully saturated rings. The lowest BCUT2D eigenvalue weighted by Gasteiger charge is -2.36. The molecule has 0 aliphatic carbocycles. The minimum Gasteiger partial charge on any atom is -0.372 e. The molecule has 3 N–H and O–H groups in total. The summed E-state index contributed by atoms with van der Waals surface area (Å²) in [4.78, 5) is 65.6. The molecular formula is C48H48F5N9O6S. The van der Waals surface area contributed by atoms with E-state index >= 15 is 17.6 Å². The van der Waals surface area contributed by atoms with Crippen LogP contribution < -0.4 is 19.8 Å². The number of aromatic nitrogens is 2. The highest BCUT2D eigenvalue weighted by molar-refractivity contribution is 7.90. The van der Waals surface area contributed by atoms with Gasteiger partial charge in [-0.05, 0) is 91.3 Å². The lowest BCUT2D eigenvalue weighted by atomic mass is 9.95. The highest BCUT2D eigenvalue weighted by atomic mass is 32.2. The van der Waals surface area contributed by atoms with Gasteiger partial charge in [-0.15, -0.1) is 0 Å². The number of nitrogens with zero attached hydrogens (tertiary/aromatic N) is 6. The summed E-state index contributed by atoms with van der Waals surface area (Å²) in [5.41, 5.74) is 2.60. The second kappa shape index (κ2) is 18.1. The van der Waals surface area contributed by atoms with Gasteiger partial charge in [-0.3, -0.25) is 34.1 Å². The van der Waals surface area contributed by atoms with E-state index in [2.05, 4.69) is 20.2 Å². The highest BCUT2D eigenvalue weighted by Crippen LogP contribution is 2.35. The number of nitrogens with one attached hydrogen (secondary N) is 3. The quantitative estimate of drug-likeness (QED) is 0.0826. The predicted molar refractivity (Wildman–Crippen MR) is 246 cm³/mol. The van der Waals surface area contributed by atoms with Crippen LogP contribution in [0.5, 0.6) is 0 Å². The van der Waals surface area contributed by atoms with E-state index in [1.165, 1.54) is 11.1 Å². The molecule has 21 heteroatoms. The molecule has 0 saturated carbocycles. The number of alkyl halides is 3. The monoisotopic (exact) mass is 973 g/mol. The Balaban J connectivity index is 0.754. The number of rotatable bonds is 11. The van der Waals surface area contributed by atoms with E-state index in [1.807, 2.05) is 33.9 Å². The molecule has 3 amide bonds. The third kappa shape index (κ3) is 9.26. The average molecular weight is 974 g/mol. The summed E-state index contributed by atoms with van der Waals surface area (Å²) >= 11 is 0. The zero-order valence-corrected chi connectivity index (χ0v) is 38.0. The molecule has 10 rings (SSSR count). The summed E-state index contributed by atoms with van der Waals surface area (Å²) in [7, 11) is -4.38. The number of benzene rings is 3. The first-order chi connectivity index (χ1) is 33.0. The van der Waals surface area contributed by atoms with Crippen LogP contribution in [-0.2, 0) is 26.3 Å². The van der Waals surface area contributed by atoms with Gasteiger partial charge < -0.3 is 19.7 Å². The Hall–Kier alpha value is -6.45. The number of fused-ring (bicyclic) bond motifs is 2. The van der Waals surface area contributed by atoms with E-state index < -0.39 is 76.0 Å². The molecular weight excluding hydrogens is 926 g/mol. The van der Waals surface area contributed by atoms with Crippen LogP contribution in [0.4, 0.5) is 39.0 Å². The number of piperidine rings is 2. The number of amides is 3. The summed E-state index contributed by atoms with van der Waals surface area (Å²) in [6, 6.07) is 15.4. The van der Waals surface area contributed by atoms with Crippen molar-refractivity contribution in [1.82, 2.24) is 29.4 Å². The van der Waals surface area contributed by atoms with E-state index in [1.54, 1.807) is 35.4 Å². The number of H-pyrrole nitrogens is 1. The molecule has 69 heavy (non-hydrogen) atoms. The van der Waals surface area contributed by atoms with E-state index in [9.17, 15) is 32.0 Å². The van der Waals surface area contributed by atoms with Gasteiger partial charge in [0.05, 0.1) is 24.3 Å². The maximum absolute atomic E-state index is 15.8. The first-order valence-electron chi connectivity index (χ1n) is 22.9. The van der Waals surface area contributed by atoms with Crippen molar-refractivity contribution < 1.29 is 49.5 Å². The Morgan fingerprint density at radius 2 is 1.62 bits per heavy atom. The minimum absolute atomic E-state index is 0.0151. The van der Waals surface area contributed by atoms with Crippen LogP contribution in [-0.4, -0.2) is 133 Å². The number of hydrogen-bond donors (Lipinski definition) is 3. The summed E-state index contributed by atoms with van der Waals surface area (Å²) in [5.74, 6) is -7.63. The van der Waals surface area contributed by atoms with Gasteiger partial charge in [0.1, 0.15) is 23.7 Å². The summed E-state index contributed by atoms with van der Waals surface area (Å²) < 4.78 is 104. The fraction of sp³-hybridized carbons (Fsp3) is 0.396. The molecule has 0 bridgehead atoms. The van der Waals surface area contributed by atoms with Crippen LogP contribution in [0.3, 0.4) is 0 Å². The van der Waals surface area contributed by atoms with Gasteiger partial charge >= 0.3 is 10.2 Å². The molecule has 362 valence electrons. The fourth-order valence-corrected chi connectivity index (χ4v) is 11.5. The number of halogens is 5. The van der Waals surface area contributed by atoms with Crippen LogP contribution in [0, 0.1) is 17.6 Å². The molecule has 7 heterocycles. The van der Waals surface area contributed by atoms with Gasteiger partial charge in [-0.25, -0.2) is 26.9 Å². The van der Waals surface area contributed by atoms with Gasteiger partial charge in [-0.2, -0.15) is 12.7 Å². The number of anilines is 3. The van der Waals surface area contributed by atoms with Crippen molar-refractivity contribution in [2.75, 3.05) is 73.4 Å². The number of aromatic amines is 1. The molecule has 0 spiro atoms. The van der Waals surface area contributed by atoms with Crippen LogP contribution >= 0.6 is 0 Å². The first-order valence-corrected chi connectivity index (χ1v) is 24.3. The van der Waals surface area contributed by atoms with Crippen LogP contribution in [0.1, 0.15) is 63.9 Å². The van der Waals surface area contributed by atoms with Crippen molar-refractivity contribution >= 4 is 61.8 Å². The van der Waals surface area contributed by atoms with Gasteiger partial charge in [0.25, 0.3) is 11.8 Å². The average Bonchev–Trinajstić information content (AvgIpc) is 4.02. The van der Waals surface area contributed by atoms with Gasteiger partial charge in [0.15, 0.2) is 5.82 Å². The number of carbonyl (C=O) groups is 4. The maximum Gasteiger partial charge on any atom is 0.301 e. The normalized spacial score (nSPS) is 21.8. The van der Waals surface area contributed by atoms with Gasteiger partial charge in [-0.1, -0.05) is 12.1 Å². The Kier molecular flexibility index (Phi) is 12.2. The Morgan fingerprint density at radius 3 is 2.36 bits per heavy atom. The molecule has 5 aromatic rings. The molecule has 15 nitrogen and oxygen atoms in total. The number of carbonyl (C=O) groups excluding carboxylic acids is 4. The molecule has 0 radical (unpaired) electrons. The van der Waals surface area contributed by atoms with Crippen molar-refractivity contribution in [3.05, 3.63) is 107 Å². The number of imide groups is 1. The molecule has 3 aromatic carbocycles. The molecule has 1 unspecified atom stereocenters. The third-order valence-electron chi connectivity index (χ3n) is 13.9. The smallest absolute Gasteiger partial charge is 0.301 e. The topological polar surface area (TPSA) is 171 Å². The Morgan fingerprint density at radius 1 is 0.855 bits per heavy atom. The van der Waals surface area contributed by atoms with Crippen LogP contribution in [0.15, 0.2) is 73.1 Å². The van der Waals surface area contributed by atoms with Gasteiger partial charge in [0, 0.05) is 105 Å². The van der Waals surface area contributed by atoms with E-state index in [0.717, 1.165) is 53.6 Å². The Labute approximate surface area is 393 Å². The maximum atomic E-state index is 15.8. The zero-order valence-electron chi connectivity index (χ0n) is 37.2. The third-order valence-corrected chi connectivity index (χ3v) is 15.4. The molecule has 5 aliphatic rings. The van der Waals surface area contributed by atoms with Crippen LogP contribution in [0.25, 0.3) is 22.2 Å². The predicted octanol–water partition coefficient (Wildman–Crippen LogP) is 5.87. The molecule has 2 aromatic heterocycles. The standard InChI is InChI=1S/C48H48F5N9O6S/c49-32-13-16-61(25-32)69(67,68)57-39-8-7-38(50)42(43(39)51)44(64)37-22-55-45-36(37)20-30(21-54-45)29-1-3-33(4-2-29)59-14-11-28(12-15-59)23-58-17-18-60(27-48(52,53)26-58)34-5-6-35-31(19-34)24-62(47(35)66)40-9-10-41(63)56-46(40)65/h1-8,19-22,28,32,40,57H,9-18,23-27H2,(H,54,55)(H,56,63,65)/t32-,40?/m1/s1. The number of ketones is 1. The van der Waals surface area contributed by atoms with E-state index in [4.69, 9.17) is 0 Å². The SMILES string of the molecule is O=C1CCC(N2Cc3cc(N4CCN(CC5CCN(c6ccc(-c7cnc8[nH]cc(C(=O)c9c(F)ccc(NS(=O)(=O)N%10CC[C@@H](F)C%10)c9F)c8c7)cc6)CC5)CC(F)(F)C4)ccc3C2=O)C(=O)N1. The van der Waals surface area contributed by atoms with E-state index in [0.29, 0.717) is 42.0 Å². The number of pyridine rings is 1. The second-order valence-corrected chi connectivity index (χ2v) is 20.2. The lowest BCUT2D eigenvalue weighted by Crippen LogP contribution is -2.52. The largest absolute Gasteiger partial charge is 0.372 e. The van der Waals surface area contributed by atoms with Gasteiger partial charge in [0.2, 0.25) is 17.6 Å². The van der Waals surface area contributed by atoms with Crippen molar-refractivity contribution in [3.63, 3.8) is 0 Å². The first kappa shape index (κ1) is 46.3. The zero-order chi connectivity index (χ0) is 48.4. The Bertz CT molecular complexity index is 2980. The summed E-state index contributed by atoms with van der Waals surface area (Å²) in [6.45, 7) is 1.57. The summed E-state index contributed by atoms with van der Waals surface area (Å²) in [6.07, 6.45) is 3.48. The van der Waals surface area contributed by atoms with Crippen LogP contribution in [0.2, 0.25) is 0 Å². The van der Waals surface area contributed by atoms with Crippen molar-refractivity contribution in [3.8, 4) is 11.1 Å². The van der Waals surface area contributed by atoms with Crippen molar-refractivity contribution in [2.45, 2.75) is 56.8 Å². The summed E-state index contributed by atoms with van der Waals surface area (Å²) in [5, 5.41) is 2.58. The minimum atomic E-state index is -4.38. The highest BCUT2D eigenvalue weighted by Gasteiger charge is 2.41. The molecule has 5 aliphatic heterocycles. The fourth-order valence-electron chi connectivity index (χ4n) is 10.2. The molecule has 4 saturated heterocycles. The second-order valence-electron chi connectivity index (χ2n) is 18.5. The van der Waals surface area contributed by atoms with Crippen molar-refractivity contribution in [2.24, 2.45) is 5.92 Å². The lowest BCUT2D eigenvalue weighted by molar-refractivity contribution is -0.136. The van der Waals surface area contributed by atoms with E-state index in [-0.39, 0.29) is 73.2 Å². The van der Waals surface area contributed by atoms with Crippen molar-refractivity contribution in [1.29, 1.82) is 0 Å². The molecule has 2 atom stereocenters.